The number of anilines is 2. The van der Waals surface area contributed by atoms with Crippen LogP contribution < -0.4 is 22.1 Å². The Morgan fingerprint density at radius 2 is 1.14 bits per heavy atom. The van der Waals surface area contributed by atoms with E-state index in [1.54, 1.807) is 0 Å². The predicted molar refractivity (Wildman–Crippen MR) is 94.4 cm³/mol. The van der Waals surface area contributed by atoms with Gasteiger partial charge in [-0.3, -0.25) is 0 Å². The first kappa shape index (κ1) is 16.3. The summed E-state index contributed by atoms with van der Waals surface area (Å²) in [6.45, 7) is 3.80. The fourth-order valence-corrected chi connectivity index (χ4v) is 2.37. The van der Waals surface area contributed by atoms with Crippen molar-refractivity contribution < 1.29 is 0 Å². The number of nitrogen functional groups attached to an aromatic ring is 2. The molecule has 4 nitrogen and oxygen atoms in total. The second kappa shape index (κ2) is 9.07. The van der Waals surface area contributed by atoms with Gasteiger partial charge in [0.15, 0.2) is 0 Å². The van der Waals surface area contributed by atoms with Crippen LogP contribution in [0.1, 0.15) is 24.0 Å². The van der Waals surface area contributed by atoms with E-state index >= 15 is 0 Å². The molecular formula is C18H26N4. The summed E-state index contributed by atoms with van der Waals surface area (Å²) in [5.41, 5.74) is 15.6. The smallest absolute Gasteiger partial charge is 0.0317 e. The number of nitrogens with two attached hydrogens (primary N) is 2. The number of benzene rings is 2. The van der Waals surface area contributed by atoms with Crippen LogP contribution in [0.25, 0.3) is 0 Å². The Kier molecular flexibility index (Phi) is 6.74. The second-order valence-electron chi connectivity index (χ2n) is 5.55. The van der Waals surface area contributed by atoms with Crippen LogP contribution in [0.5, 0.6) is 0 Å². The van der Waals surface area contributed by atoms with Gasteiger partial charge in [-0.15, -0.1) is 0 Å². The minimum absolute atomic E-state index is 0.824. The van der Waals surface area contributed by atoms with E-state index in [1.807, 2.05) is 36.4 Å². The van der Waals surface area contributed by atoms with Gasteiger partial charge < -0.3 is 22.1 Å². The lowest BCUT2D eigenvalue weighted by Gasteiger charge is -2.07. The zero-order valence-electron chi connectivity index (χ0n) is 13.0. The summed E-state index contributed by atoms with van der Waals surface area (Å²) in [5, 5.41) is 6.89. The summed E-state index contributed by atoms with van der Waals surface area (Å²) < 4.78 is 0. The van der Waals surface area contributed by atoms with Gasteiger partial charge in [-0.05, 0) is 61.3 Å². The van der Waals surface area contributed by atoms with Crippen LogP contribution in [0, 0.1) is 0 Å². The molecule has 22 heavy (non-hydrogen) atoms. The Morgan fingerprint density at radius 1 is 0.682 bits per heavy atom. The highest BCUT2D eigenvalue weighted by atomic mass is 14.9. The monoisotopic (exact) mass is 298 g/mol. The van der Waals surface area contributed by atoms with E-state index in [4.69, 9.17) is 11.5 Å². The van der Waals surface area contributed by atoms with E-state index in [2.05, 4.69) is 22.8 Å². The molecule has 0 saturated heterocycles. The van der Waals surface area contributed by atoms with Crippen molar-refractivity contribution in [3.8, 4) is 0 Å². The highest BCUT2D eigenvalue weighted by Gasteiger charge is 1.95. The predicted octanol–water partition coefficient (Wildman–Crippen LogP) is 2.51. The molecule has 2 aromatic rings. The maximum atomic E-state index is 5.76. The number of hydrogen-bond donors (Lipinski definition) is 4. The van der Waals surface area contributed by atoms with Crippen molar-refractivity contribution in [3.05, 3.63) is 59.7 Å². The van der Waals surface area contributed by atoms with Crippen LogP contribution in [-0.2, 0) is 13.1 Å². The van der Waals surface area contributed by atoms with E-state index < -0.39 is 0 Å². The first-order valence-electron chi connectivity index (χ1n) is 7.84. The first-order chi connectivity index (χ1) is 10.7. The van der Waals surface area contributed by atoms with Gasteiger partial charge >= 0.3 is 0 Å². The Labute approximate surface area is 132 Å². The van der Waals surface area contributed by atoms with Crippen LogP contribution in [0.3, 0.4) is 0 Å². The molecule has 0 radical (unpaired) electrons. The van der Waals surface area contributed by atoms with Gasteiger partial charge in [0.05, 0.1) is 0 Å². The van der Waals surface area contributed by atoms with Crippen LogP contribution in [0.15, 0.2) is 48.5 Å². The molecule has 4 heteroatoms. The third-order valence-corrected chi connectivity index (χ3v) is 3.52. The topological polar surface area (TPSA) is 76.1 Å². The van der Waals surface area contributed by atoms with E-state index in [0.29, 0.717) is 0 Å². The molecule has 0 aliphatic rings. The quantitative estimate of drug-likeness (QED) is 0.424. The normalized spacial score (nSPS) is 10.7. The molecule has 0 heterocycles. The lowest BCUT2D eigenvalue weighted by Crippen LogP contribution is -2.18. The molecular weight excluding hydrogens is 272 g/mol. The fourth-order valence-electron chi connectivity index (χ4n) is 2.37. The molecule has 0 aliphatic carbocycles. The summed E-state index contributed by atoms with van der Waals surface area (Å²) in [7, 11) is 0. The van der Waals surface area contributed by atoms with Crippen molar-refractivity contribution in [2.24, 2.45) is 0 Å². The minimum atomic E-state index is 0.824. The van der Waals surface area contributed by atoms with Crippen molar-refractivity contribution in [1.82, 2.24) is 10.6 Å². The molecule has 0 bridgehead atoms. The minimum Gasteiger partial charge on any atom is -0.399 e. The van der Waals surface area contributed by atoms with Crippen LogP contribution >= 0.6 is 0 Å². The number of unbranched alkanes of at least 4 members (excludes halogenated alkanes) is 1. The lowest BCUT2D eigenvalue weighted by atomic mass is 10.2. The van der Waals surface area contributed by atoms with Crippen molar-refractivity contribution in [1.29, 1.82) is 0 Å². The molecule has 6 N–H and O–H groups in total. The molecule has 0 saturated carbocycles. The molecule has 2 rings (SSSR count). The Balaban J connectivity index is 1.49. The molecule has 2 aromatic carbocycles. The fraction of sp³-hybridized carbons (Fsp3) is 0.333. The lowest BCUT2D eigenvalue weighted by molar-refractivity contribution is 0.582. The van der Waals surface area contributed by atoms with Gasteiger partial charge in [0.25, 0.3) is 0 Å². The highest BCUT2D eigenvalue weighted by Crippen LogP contribution is 2.06. The van der Waals surface area contributed by atoms with Crippen molar-refractivity contribution in [2.45, 2.75) is 25.9 Å². The second-order valence-corrected chi connectivity index (χ2v) is 5.55. The number of hydrogen-bond acceptors (Lipinski definition) is 4. The van der Waals surface area contributed by atoms with Crippen LogP contribution in [-0.4, -0.2) is 13.1 Å². The Bertz CT molecular complexity index is 517. The first-order valence-corrected chi connectivity index (χ1v) is 7.84. The summed E-state index contributed by atoms with van der Waals surface area (Å²) >= 11 is 0. The maximum Gasteiger partial charge on any atom is 0.0317 e. The molecule has 0 fully saturated rings. The molecule has 0 aromatic heterocycles. The zero-order chi connectivity index (χ0) is 15.6. The van der Waals surface area contributed by atoms with Gasteiger partial charge in [0.1, 0.15) is 0 Å². The SMILES string of the molecule is Nc1cccc(CNCCCCNCc2cccc(N)c2)c1. The van der Waals surface area contributed by atoms with Gasteiger partial charge in [0, 0.05) is 24.5 Å². The van der Waals surface area contributed by atoms with E-state index in [9.17, 15) is 0 Å². The molecule has 0 spiro atoms. The Hall–Kier alpha value is -2.04. The van der Waals surface area contributed by atoms with E-state index in [1.165, 1.54) is 11.1 Å². The summed E-state index contributed by atoms with van der Waals surface area (Å²) in [6.07, 6.45) is 2.32. The standard InChI is InChI=1S/C18H26N4/c19-17-7-3-5-15(11-17)13-21-9-1-2-10-22-14-16-6-4-8-18(20)12-16/h3-8,11-12,21-22H,1-2,9-10,13-14,19-20H2. The average Bonchev–Trinajstić information content (AvgIpc) is 2.50. The third kappa shape index (κ3) is 6.16. The number of rotatable bonds is 9. The molecule has 118 valence electrons. The van der Waals surface area contributed by atoms with E-state index in [-0.39, 0.29) is 0 Å². The van der Waals surface area contributed by atoms with E-state index in [0.717, 1.165) is 50.4 Å². The molecule has 0 atom stereocenters. The zero-order valence-corrected chi connectivity index (χ0v) is 13.0. The van der Waals surface area contributed by atoms with Crippen molar-refractivity contribution in [3.63, 3.8) is 0 Å². The van der Waals surface area contributed by atoms with Crippen molar-refractivity contribution >= 4 is 11.4 Å². The van der Waals surface area contributed by atoms with Crippen molar-refractivity contribution in [2.75, 3.05) is 24.6 Å². The van der Waals surface area contributed by atoms with Gasteiger partial charge in [-0.2, -0.15) is 0 Å². The number of nitrogens with one attached hydrogen (secondary N) is 2. The largest absolute Gasteiger partial charge is 0.399 e. The highest BCUT2D eigenvalue weighted by molar-refractivity contribution is 5.41. The average molecular weight is 298 g/mol. The van der Waals surface area contributed by atoms with Gasteiger partial charge in [-0.25, -0.2) is 0 Å². The summed E-state index contributed by atoms with van der Waals surface area (Å²) in [5.74, 6) is 0. The van der Waals surface area contributed by atoms with Crippen LogP contribution in [0.4, 0.5) is 11.4 Å². The summed E-state index contributed by atoms with van der Waals surface area (Å²) in [4.78, 5) is 0. The van der Waals surface area contributed by atoms with Gasteiger partial charge in [0.2, 0.25) is 0 Å². The maximum absolute atomic E-state index is 5.76. The van der Waals surface area contributed by atoms with Crippen LogP contribution in [0.2, 0.25) is 0 Å². The van der Waals surface area contributed by atoms with Gasteiger partial charge in [-0.1, -0.05) is 24.3 Å². The molecule has 0 unspecified atom stereocenters. The molecule has 0 aliphatic heterocycles. The Morgan fingerprint density at radius 3 is 1.55 bits per heavy atom. The molecule has 0 amide bonds. The third-order valence-electron chi connectivity index (χ3n) is 3.52. The summed E-state index contributed by atoms with van der Waals surface area (Å²) in [6, 6.07) is 16.0.